The van der Waals surface area contributed by atoms with Gasteiger partial charge in [-0.1, -0.05) is 11.6 Å². The Morgan fingerprint density at radius 1 is 1.33 bits per heavy atom. The molecular formula is C13H20ClN3O3S. The Kier molecular flexibility index (Phi) is 5.75. The molecule has 0 fully saturated rings. The highest BCUT2D eigenvalue weighted by atomic mass is 35.5. The Hall–Kier alpha value is -1.15. The number of carbonyl (C=O) groups excluding carboxylic acids is 1. The average Bonchev–Trinajstić information content (AvgIpc) is 2.28. The van der Waals surface area contributed by atoms with Crippen molar-refractivity contribution in [3.8, 4) is 0 Å². The molecule has 1 rings (SSSR count). The number of amides is 1. The van der Waals surface area contributed by atoms with Crippen molar-refractivity contribution in [3.63, 3.8) is 0 Å². The normalized spacial score (nSPS) is 12.2. The zero-order valence-electron chi connectivity index (χ0n) is 12.2. The number of rotatable bonds is 5. The average molecular weight is 334 g/mol. The molecule has 0 heterocycles. The first-order valence-electron chi connectivity index (χ1n) is 6.36. The van der Waals surface area contributed by atoms with Crippen LogP contribution in [0, 0.1) is 0 Å². The molecule has 21 heavy (non-hydrogen) atoms. The van der Waals surface area contributed by atoms with Gasteiger partial charge >= 0.3 is 0 Å². The summed E-state index contributed by atoms with van der Waals surface area (Å²) in [6.45, 7) is 6.49. The van der Waals surface area contributed by atoms with Gasteiger partial charge in [0.15, 0.2) is 0 Å². The van der Waals surface area contributed by atoms with E-state index in [0.717, 1.165) is 0 Å². The number of benzene rings is 1. The molecule has 0 radical (unpaired) electrons. The maximum absolute atomic E-state index is 11.8. The first-order chi connectivity index (χ1) is 9.49. The van der Waals surface area contributed by atoms with E-state index >= 15 is 0 Å². The topological polar surface area (TPSA) is 101 Å². The third-order valence-electron chi connectivity index (χ3n) is 2.55. The largest absolute Gasteiger partial charge is 0.325 e. The minimum Gasteiger partial charge on any atom is -0.325 e. The van der Waals surface area contributed by atoms with E-state index in [0.29, 0.717) is 6.54 Å². The molecule has 1 amide bonds. The van der Waals surface area contributed by atoms with Crippen LogP contribution in [-0.4, -0.2) is 26.4 Å². The molecule has 1 aromatic carbocycles. The lowest BCUT2D eigenvalue weighted by Gasteiger charge is -2.20. The van der Waals surface area contributed by atoms with Crippen LogP contribution in [0.25, 0.3) is 0 Å². The number of primary sulfonamides is 1. The van der Waals surface area contributed by atoms with Gasteiger partial charge in [-0.25, -0.2) is 13.6 Å². The molecule has 6 nitrogen and oxygen atoms in total. The number of halogens is 1. The van der Waals surface area contributed by atoms with Gasteiger partial charge in [0.1, 0.15) is 0 Å². The molecule has 0 atom stereocenters. The van der Waals surface area contributed by atoms with Crippen LogP contribution < -0.4 is 15.8 Å². The van der Waals surface area contributed by atoms with Crippen molar-refractivity contribution in [3.05, 3.63) is 23.2 Å². The van der Waals surface area contributed by atoms with E-state index in [-0.39, 0.29) is 33.5 Å². The number of nitrogens with two attached hydrogens (primary N) is 1. The molecule has 4 N–H and O–H groups in total. The third-order valence-corrected chi connectivity index (χ3v) is 3.79. The molecule has 0 bridgehead atoms. The summed E-state index contributed by atoms with van der Waals surface area (Å²) in [5.74, 6) is -0.264. The molecule has 0 aliphatic heterocycles. The first-order valence-corrected chi connectivity index (χ1v) is 8.29. The van der Waals surface area contributed by atoms with Crippen LogP contribution in [0.4, 0.5) is 5.69 Å². The summed E-state index contributed by atoms with van der Waals surface area (Å²) in [6, 6.07) is 3.91. The fourth-order valence-electron chi connectivity index (χ4n) is 1.54. The second kappa shape index (κ2) is 6.74. The van der Waals surface area contributed by atoms with Gasteiger partial charge in [-0.05, 0) is 39.0 Å². The highest BCUT2D eigenvalue weighted by Crippen LogP contribution is 2.24. The second-order valence-corrected chi connectivity index (χ2v) is 7.63. The lowest BCUT2D eigenvalue weighted by molar-refractivity contribution is -0.116. The molecule has 0 aromatic heterocycles. The van der Waals surface area contributed by atoms with Crippen LogP contribution in [0.2, 0.25) is 5.02 Å². The number of hydrogen-bond donors (Lipinski definition) is 3. The fraction of sp³-hybridized carbons (Fsp3) is 0.462. The van der Waals surface area contributed by atoms with Gasteiger partial charge in [0, 0.05) is 18.5 Å². The summed E-state index contributed by atoms with van der Waals surface area (Å²) in [6.07, 6.45) is 0.243. The minimum absolute atomic E-state index is 0.0779. The Morgan fingerprint density at radius 2 is 1.95 bits per heavy atom. The van der Waals surface area contributed by atoms with E-state index in [9.17, 15) is 13.2 Å². The summed E-state index contributed by atoms with van der Waals surface area (Å²) in [7, 11) is -3.84. The SMILES string of the molecule is CC(C)(C)NCCC(=O)Nc1cc(S(N)(=O)=O)ccc1Cl. The number of nitrogens with one attached hydrogen (secondary N) is 2. The smallest absolute Gasteiger partial charge is 0.238 e. The predicted molar refractivity (Wildman–Crippen MR) is 83.8 cm³/mol. The Morgan fingerprint density at radius 3 is 2.48 bits per heavy atom. The lowest BCUT2D eigenvalue weighted by Crippen LogP contribution is -2.37. The Balaban J connectivity index is 2.72. The van der Waals surface area contributed by atoms with Crippen molar-refractivity contribution in [2.45, 2.75) is 37.6 Å². The zero-order chi connectivity index (χ0) is 16.3. The van der Waals surface area contributed by atoms with Crippen molar-refractivity contribution in [2.75, 3.05) is 11.9 Å². The fourth-order valence-corrected chi connectivity index (χ4v) is 2.25. The van der Waals surface area contributed by atoms with E-state index in [1.807, 2.05) is 20.8 Å². The quantitative estimate of drug-likeness (QED) is 0.763. The molecule has 0 saturated heterocycles. The van der Waals surface area contributed by atoms with Gasteiger partial charge in [-0.15, -0.1) is 0 Å². The van der Waals surface area contributed by atoms with Crippen LogP contribution in [0.15, 0.2) is 23.1 Å². The van der Waals surface area contributed by atoms with Crippen molar-refractivity contribution in [1.82, 2.24) is 5.32 Å². The maximum Gasteiger partial charge on any atom is 0.238 e. The summed E-state index contributed by atoms with van der Waals surface area (Å²) in [5.41, 5.74) is 0.148. The summed E-state index contributed by atoms with van der Waals surface area (Å²) in [5, 5.41) is 11.0. The van der Waals surface area contributed by atoms with Crippen LogP contribution in [0.3, 0.4) is 0 Å². The number of carbonyl (C=O) groups is 1. The van der Waals surface area contributed by atoms with Gasteiger partial charge in [0.05, 0.1) is 15.6 Å². The van der Waals surface area contributed by atoms with Crippen molar-refractivity contribution < 1.29 is 13.2 Å². The number of anilines is 1. The van der Waals surface area contributed by atoms with Crippen LogP contribution in [0.1, 0.15) is 27.2 Å². The molecule has 0 spiro atoms. The van der Waals surface area contributed by atoms with Gasteiger partial charge in [0.25, 0.3) is 0 Å². The highest BCUT2D eigenvalue weighted by Gasteiger charge is 2.13. The lowest BCUT2D eigenvalue weighted by atomic mass is 10.1. The van der Waals surface area contributed by atoms with E-state index < -0.39 is 10.0 Å². The minimum atomic E-state index is -3.84. The maximum atomic E-state index is 11.8. The number of sulfonamides is 1. The standard InChI is InChI=1S/C13H20ClN3O3S/c1-13(2,3)16-7-6-12(18)17-11-8-9(21(15,19)20)4-5-10(11)14/h4-5,8,16H,6-7H2,1-3H3,(H,17,18)(H2,15,19,20). The van der Waals surface area contributed by atoms with Gasteiger partial charge < -0.3 is 10.6 Å². The monoisotopic (exact) mass is 333 g/mol. The Labute approximate surface area is 130 Å². The van der Waals surface area contributed by atoms with Gasteiger partial charge in [-0.2, -0.15) is 0 Å². The molecule has 118 valence electrons. The highest BCUT2D eigenvalue weighted by molar-refractivity contribution is 7.89. The summed E-state index contributed by atoms with van der Waals surface area (Å²) >= 11 is 5.93. The van der Waals surface area contributed by atoms with E-state index in [4.69, 9.17) is 16.7 Å². The van der Waals surface area contributed by atoms with E-state index in [1.54, 1.807) is 0 Å². The van der Waals surface area contributed by atoms with Gasteiger partial charge in [-0.3, -0.25) is 4.79 Å². The molecule has 8 heteroatoms. The van der Waals surface area contributed by atoms with Crippen LogP contribution >= 0.6 is 11.6 Å². The van der Waals surface area contributed by atoms with Gasteiger partial charge in [0.2, 0.25) is 15.9 Å². The molecule has 0 unspecified atom stereocenters. The molecule has 0 aliphatic carbocycles. The van der Waals surface area contributed by atoms with Crippen molar-refractivity contribution >= 4 is 33.2 Å². The Bertz CT molecular complexity index is 624. The van der Waals surface area contributed by atoms with Crippen LogP contribution in [0.5, 0.6) is 0 Å². The van der Waals surface area contributed by atoms with Crippen LogP contribution in [-0.2, 0) is 14.8 Å². The molecular weight excluding hydrogens is 314 g/mol. The van der Waals surface area contributed by atoms with Crippen molar-refractivity contribution in [2.24, 2.45) is 5.14 Å². The zero-order valence-corrected chi connectivity index (χ0v) is 13.8. The second-order valence-electron chi connectivity index (χ2n) is 5.66. The predicted octanol–water partition coefficient (Wildman–Crippen LogP) is 1.70. The molecule has 0 saturated carbocycles. The first kappa shape index (κ1) is 17.9. The number of hydrogen-bond acceptors (Lipinski definition) is 4. The third kappa shape index (κ3) is 6.43. The van der Waals surface area contributed by atoms with E-state index in [2.05, 4.69) is 10.6 Å². The molecule has 0 aliphatic rings. The molecule has 1 aromatic rings. The van der Waals surface area contributed by atoms with Crippen molar-refractivity contribution in [1.29, 1.82) is 0 Å². The summed E-state index contributed by atoms with van der Waals surface area (Å²) in [4.78, 5) is 11.7. The van der Waals surface area contributed by atoms with E-state index in [1.165, 1.54) is 18.2 Å². The summed E-state index contributed by atoms with van der Waals surface area (Å²) < 4.78 is 22.6.